The normalized spacial score (nSPS) is 13.1. The van der Waals surface area contributed by atoms with Crippen LogP contribution < -0.4 is 10.1 Å². The third kappa shape index (κ3) is 3.21. The summed E-state index contributed by atoms with van der Waals surface area (Å²) in [6.45, 7) is 4.74. The maximum Gasteiger partial charge on any atom is 0.262 e. The molecule has 2 N–H and O–H groups in total. The summed E-state index contributed by atoms with van der Waals surface area (Å²) in [7, 11) is 0. The van der Waals surface area contributed by atoms with Crippen LogP contribution in [0.25, 0.3) is 11.0 Å². The van der Waals surface area contributed by atoms with Gasteiger partial charge in [0.05, 0.1) is 5.39 Å². The molecule has 5 heteroatoms. The largest absolute Gasteiger partial charge is 0.472 e. The second kappa shape index (κ2) is 5.84. The first-order chi connectivity index (χ1) is 8.66. The summed E-state index contributed by atoms with van der Waals surface area (Å²) in [4.78, 5) is 0. The molecule has 0 amide bonds. The Morgan fingerprint density at radius 2 is 2.17 bits per heavy atom. The number of para-hydroxylation sites is 1. The van der Waals surface area contributed by atoms with Crippen LogP contribution in [0.3, 0.4) is 0 Å². The van der Waals surface area contributed by atoms with E-state index in [1.165, 1.54) is 0 Å². The Kier molecular flexibility index (Phi) is 4.17. The van der Waals surface area contributed by atoms with Crippen LogP contribution in [0.1, 0.15) is 13.8 Å². The number of rotatable bonds is 6. The molecule has 1 atom stereocenters. The fourth-order valence-electron chi connectivity index (χ4n) is 1.57. The molecule has 0 aliphatic rings. The monoisotopic (exact) mass is 250 g/mol. The quantitative estimate of drug-likeness (QED) is 0.814. The van der Waals surface area contributed by atoms with Crippen LogP contribution in [0.2, 0.25) is 0 Å². The molecule has 98 valence electrons. The maximum atomic E-state index is 9.72. The molecule has 0 spiro atoms. The second-order valence-electron chi connectivity index (χ2n) is 4.51. The predicted octanol–water partition coefficient (Wildman–Crippen LogP) is 1.57. The zero-order valence-electron chi connectivity index (χ0n) is 10.6. The summed E-state index contributed by atoms with van der Waals surface area (Å²) in [5.74, 6) is 0.425. The average Bonchev–Trinajstić information content (AvgIpc) is 2.77. The summed E-state index contributed by atoms with van der Waals surface area (Å²) in [6, 6.07) is 7.81. The van der Waals surface area contributed by atoms with Gasteiger partial charge in [-0.3, -0.25) is 0 Å². The molecule has 0 saturated carbocycles. The standard InChI is InChI=1S/C13H18N2O3/c1-9(2)14-7-10(16)8-17-13-11-5-3-4-6-12(11)18-15-13/h3-6,9-10,14,16H,7-8H2,1-2H3. The van der Waals surface area contributed by atoms with Gasteiger partial charge in [-0.15, -0.1) is 0 Å². The van der Waals surface area contributed by atoms with Crippen LogP contribution in [0, 0.1) is 0 Å². The Bertz CT molecular complexity index is 496. The van der Waals surface area contributed by atoms with E-state index >= 15 is 0 Å². The van der Waals surface area contributed by atoms with E-state index in [-0.39, 0.29) is 6.61 Å². The van der Waals surface area contributed by atoms with Crippen molar-refractivity contribution < 1.29 is 14.4 Å². The highest BCUT2D eigenvalue weighted by Crippen LogP contribution is 2.23. The van der Waals surface area contributed by atoms with Gasteiger partial charge in [-0.05, 0) is 17.3 Å². The molecule has 5 nitrogen and oxygen atoms in total. The molecule has 0 saturated heterocycles. The molecule has 0 bridgehead atoms. The third-order valence-electron chi connectivity index (χ3n) is 2.52. The number of aliphatic hydroxyl groups excluding tert-OH is 1. The van der Waals surface area contributed by atoms with Crippen LogP contribution in [0.5, 0.6) is 5.88 Å². The van der Waals surface area contributed by atoms with E-state index in [1.807, 2.05) is 38.1 Å². The van der Waals surface area contributed by atoms with E-state index in [0.29, 0.717) is 24.0 Å². The number of hydrogen-bond acceptors (Lipinski definition) is 5. The topological polar surface area (TPSA) is 67.5 Å². The van der Waals surface area contributed by atoms with Crippen molar-refractivity contribution in [3.05, 3.63) is 24.3 Å². The van der Waals surface area contributed by atoms with Crippen LogP contribution in [0.4, 0.5) is 0 Å². The lowest BCUT2D eigenvalue weighted by molar-refractivity contribution is 0.101. The van der Waals surface area contributed by atoms with Gasteiger partial charge in [0.25, 0.3) is 5.88 Å². The molecule has 18 heavy (non-hydrogen) atoms. The zero-order valence-corrected chi connectivity index (χ0v) is 10.6. The number of hydrogen-bond donors (Lipinski definition) is 2. The van der Waals surface area contributed by atoms with Crippen LogP contribution in [-0.2, 0) is 0 Å². The van der Waals surface area contributed by atoms with Crippen molar-refractivity contribution in [2.45, 2.75) is 26.0 Å². The highest BCUT2D eigenvalue weighted by Gasteiger charge is 2.11. The van der Waals surface area contributed by atoms with E-state index in [4.69, 9.17) is 9.26 Å². The zero-order chi connectivity index (χ0) is 13.0. The smallest absolute Gasteiger partial charge is 0.262 e. The number of fused-ring (bicyclic) bond motifs is 1. The lowest BCUT2D eigenvalue weighted by atomic mass is 10.2. The Balaban J connectivity index is 1.90. The molecular weight excluding hydrogens is 232 g/mol. The molecular formula is C13H18N2O3. The first-order valence-electron chi connectivity index (χ1n) is 6.05. The third-order valence-corrected chi connectivity index (χ3v) is 2.52. The highest BCUT2D eigenvalue weighted by molar-refractivity contribution is 5.81. The van der Waals surface area contributed by atoms with Gasteiger partial charge < -0.3 is 19.7 Å². The van der Waals surface area contributed by atoms with Gasteiger partial charge in [-0.1, -0.05) is 26.0 Å². The maximum absolute atomic E-state index is 9.72. The summed E-state index contributed by atoms with van der Waals surface area (Å²) >= 11 is 0. The minimum Gasteiger partial charge on any atom is -0.472 e. The Morgan fingerprint density at radius 1 is 1.39 bits per heavy atom. The van der Waals surface area contributed by atoms with Crippen molar-refractivity contribution in [1.29, 1.82) is 0 Å². The molecule has 1 unspecified atom stereocenters. The molecule has 2 rings (SSSR count). The fraction of sp³-hybridized carbons (Fsp3) is 0.462. The molecule has 1 heterocycles. The number of nitrogens with zero attached hydrogens (tertiary/aromatic N) is 1. The van der Waals surface area contributed by atoms with Gasteiger partial charge in [-0.25, -0.2) is 0 Å². The number of nitrogens with one attached hydrogen (secondary N) is 1. The van der Waals surface area contributed by atoms with Crippen molar-refractivity contribution >= 4 is 11.0 Å². The van der Waals surface area contributed by atoms with Gasteiger partial charge >= 0.3 is 0 Å². The molecule has 0 aliphatic carbocycles. The number of benzene rings is 1. The van der Waals surface area contributed by atoms with Crippen LogP contribution in [-0.4, -0.2) is 35.6 Å². The highest BCUT2D eigenvalue weighted by atomic mass is 16.5. The first kappa shape index (κ1) is 12.9. The molecule has 0 aliphatic heterocycles. The molecule has 0 radical (unpaired) electrons. The van der Waals surface area contributed by atoms with Gasteiger partial charge in [0.1, 0.15) is 12.7 Å². The minimum atomic E-state index is -0.567. The summed E-state index contributed by atoms with van der Waals surface area (Å²) in [5.41, 5.74) is 0.683. The van der Waals surface area contributed by atoms with Crippen molar-refractivity contribution in [3.63, 3.8) is 0 Å². The SMILES string of the molecule is CC(C)NCC(O)COc1noc2ccccc12. The van der Waals surface area contributed by atoms with E-state index in [1.54, 1.807) is 0 Å². The number of aromatic nitrogens is 1. The van der Waals surface area contributed by atoms with Crippen molar-refractivity contribution in [3.8, 4) is 5.88 Å². The Morgan fingerprint density at radius 3 is 2.94 bits per heavy atom. The van der Waals surface area contributed by atoms with E-state index in [9.17, 15) is 5.11 Å². The van der Waals surface area contributed by atoms with Crippen LogP contribution >= 0.6 is 0 Å². The molecule has 0 fully saturated rings. The fourth-order valence-corrected chi connectivity index (χ4v) is 1.57. The molecule has 1 aromatic carbocycles. The summed E-state index contributed by atoms with van der Waals surface area (Å²) < 4.78 is 10.6. The van der Waals surface area contributed by atoms with Gasteiger partial charge in [0.2, 0.25) is 0 Å². The Hall–Kier alpha value is -1.59. The summed E-state index contributed by atoms with van der Waals surface area (Å²) in [5, 5.41) is 17.5. The van der Waals surface area contributed by atoms with Crippen molar-refractivity contribution in [1.82, 2.24) is 10.5 Å². The minimum absolute atomic E-state index is 0.191. The van der Waals surface area contributed by atoms with E-state index in [2.05, 4.69) is 10.5 Å². The average molecular weight is 250 g/mol. The Labute approximate surface area is 106 Å². The molecule has 2 aromatic rings. The van der Waals surface area contributed by atoms with Crippen LogP contribution in [0.15, 0.2) is 28.8 Å². The van der Waals surface area contributed by atoms with Crippen molar-refractivity contribution in [2.75, 3.05) is 13.2 Å². The predicted molar refractivity (Wildman–Crippen MR) is 68.6 cm³/mol. The lowest BCUT2D eigenvalue weighted by Gasteiger charge is -2.13. The van der Waals surface area contributed by atoms with Gasteiger partial charge in [0.15, 0.2) is 5.58 Å². The lowest BCUT2D eigenvalue weighted by Crippen LogP contribution is -2.35. The van der Waals surface area contributed by atoms with E-state index in [0.717, 1.165) is 5.39 Å². The number of ether oxygens (including phenoxy) is 1. The first-order valence-corrected chi connectivity index (χ1v) is 6.05. The van der Waals surface area contributed by atoms with Gasteiger partial charge in [0, 0.05) is 12.6 Å². The summed E-state index contributed by atoms with van der Waals surface area (Å²) in [6.07, 6.45) is -0.567. The van der Waals surface area contributed by atoms with Crippen molar-refractivity contribution in [2.24, 2.45) is 0 Å². The number of aliphatic hydroxyl groups is 1. The molecule has 1 aromatic heterocycles. The van der Waals surface area contributed by atoms with Gasteiger partial charge in [-0.2, -0.15) is 0 Å². The van der Waals surface area contributed by atoms with E-state index < -0.39 is 6.10 Å². The second-order valence-corrected chi connectivity index (χ2v) is 4.51.